The monoisotopic (exact) mass is 285 g/mol. The Kier molecular flexibility index (Phi) is 5.00. The van der Waals surface area contributed by atoms with Crippen LogP contribution in [0.2, 0.25) is 0 Å². The number of nitrogens with one attached hydrogen (secondary N) is 2. The van der Waals surface area contributed by atoms with Gasteiger partial charge in [-0.25, -0.2) is 5.48 Å². The van der Waals surface area contributed by atoms with Crippen LogP contribution < -0.4 is 10.8 Å². The summed E-state index contributed by atoms with van der Waals surface area (Å²) < 4.78 is 0. The van der Waals surface area contributed by atoms with E-state index in [-0.39, 0.29) is 6.42 Å². The van der Waals surface area contributed by atoms with Gasteiger partial charge in [-0.2, -0.15) is 0 Å². The molecule has 0 aliphatic heterocycles. The Bertz CT molecular complexity index is 602. The molecule has 0 spiro atoms. The van der Waals surface area contributed by atoms with E-state index in [9.17, 15) is 9.59 Å². The third kappa shape index (κ3) is 4.12. The van der Waals surface area contributed by atoms with Gasteiger partial charge in [0.1, 0.15) is 5.92 Å². The van der Waals surface area contributed by atoms with Crippen LogP contribution in [0.15, 0.2) is 54.9 Å². The number of hydroxylamine groups is 1. The predicted octanol–water partition coefficient (Wildman–Crippen LogP) is 1.38. The summed E-state index contributed by atoms with van der Waals surface area (Å²) in [7, 11) is 0. The molecule has 2 aromatic rings. The zero-order chi connectivity index (χ0) is 15.1. The molecule has 2 amide bonds. The summed E-state index contributed by atoms with van der Waals surface area (Å²) in [5, 5.41) is 11.4. The van der Waals surface area contributed by atoms with Gasteiger partial charge in [-0.1, -0.05) is 30.3 Å². The third-order valence-corrected chi connectivity index (χ3v) is 2.97. The zero-order valence-corrected chi connectivity index (χ0v) is 11.2. The van der Waals surface area contributed by atoms with Crippen LogP contribution in [0.4, 0.5) is 5.69 Å². The van der Waals surface area contributed by atoms with Gasteiger partial charge in [0.05, 0.1) is 0 Å². The Morgan fingerprint density at radius 1 is 1.05 bits per heavy atom. The normalized spacial score (nSPS) is 11.5. The fourth-order valence-electron chi connectivity index (χ4n) is 1.90. The maximum Gasteiger partial charge on any atom is 0.256 e. The van der Waals surface area contributed by atoms with Crippen molar-refractivity contribution in [3.8, 4) is 0 Å². The van der Waals surface area contributed by atoms with Crippen molar-refractivity contribution in [3.05, 3.63) is 60.4 Å². The van der Waals surface area contributed by atoms with Gasteiger partial charge in [0.2, 0.25) is 5.91 Å². The number of carbonyl (C=O) groups is 2. The summed E-state index contributed by atoms with van der Waals surface area (Å²) in [5.74, 6) is -2.26. The van der Waals surface area contributed by atoms with Gasteiger partial charge in [0, 0.05) is 18.1 Å². The number of hydrogen-bond acceptors (Lipinski definition) is 4. The van der Waals surface area contributed by atoms with Crippen LogP contribution in [0.1, 0.15) is 5.56 Å². The molecule has 6 nitrogen and oxygen atoms in total. The SMILES string of the molecule is O=C(NO)C(Cc1ccccc1)C(=O)Nc1ccncc1. The second-order valence-corrected chi connectivity index (χ2v) is 4.44. The topological polar surface area (TPSA) is 91.3 Å². The molecular formula is C15H15N3O3. The lowest BCUT2D eigenvalue weighted by Gasteiger charge is -2.15. The lowest BCUT2D eigenvalue weighted by molar-refractivity contribution is -0.138. The van der Waals surface area contributed by atoms with E-state index in [2.05, 4.69) is 10.3 Å². The van der Waals surface area contributed by atoms with Gasteiger partial charge in [-0.3, -0.25) is 19.8 Å². The van der Waals surface area contributed by atoms with Crippen molar-refractivity contribution in [2.24, 2.45) is 5.92 Å². The lowest BCUT2D eigenvalue weighted by atomic mass is 9.97. The summed E-state index contributed by atoms with van der Waals surface area (Å²) in [6.07, 6.45) is 3.27. The Morgan fingerprint density at radius 2 is 1.71 bits per heavy atom. The molecule has 21 heavy (non-hydrogen) atoms. The second-order valence-electron chi connectivity index (χ2n) is 4.44. The number of rotatable bonds is 5. The number of aromatic nitrogens is 1. The highest BCUT2D eigenvalue weighted by Crippen LogP contribution is 2.13. The van der Waals surface area contributed by atoms with Gasteiger partial charge in [0.15, 0.2) is 0 Å². The van der Waals surface area contributed by atoms with Crippen LogP contribution in [0, 0.1) is 5.92 Å². The average Bonchev–Trinajstić information content (AvgIpc) is 2.53. The molecule has 0 fully saturated rings. The number of carbonyl (C=O) groups excluding carboxylic acids is 2. The van der Waals surface area contributed by atoms with E-state index in [1.54, 1.807) is 12.1 Å². The largest absolute Gasteiger partial charge is 0.325 e. The molecule has 2 rings (SSSR count). The van der Waals surface area contributed by atoms with Crippen LogP contribution in [-0.4, -0.2) is 22.0 Å². The van der Waals surface area contributed by atoms with Crippen LogP contribution in [0.3, 0.4) is 0 Å². The summed E-state index contributed by atoms with van der Waals surface area (Å²) in [5.41, 5.74) is 2.91. The number of benzene rings is 1. The molecule has 108 valence electrons. The minimum absolute atomic E-state index is 0.199. The Labute approximate surface area is 121 Å². The van der Waals surface area contributed by atoms with Gasteiger partial charge in [-0.05, 0) is 24.1 Å². The number of hydrogen-bond donors (Lipinski definition) is 3. The Morgan fingerprint density at radius 3 is 2.33 bits per heavy atom. The van der Waals surface area contributed by atoms with E-state index in [0.717, 1.165) is 5.56 Å². The van der Waals surface area contributed by atoms with Crippen LogP contribution in [-0.2, 0) is 16.0 Å². The number of nitrogens with zero attached hydrogens (tertiary/aromatic N) is 1. The molecular weight excluding hydrogens is 270 g/mol. The molecule has 1 aromatic carbocycles. The first-order valence-electron chi connectivity index (χ1n) is 6.39. The van der Waals surface area contributed by atoms with E-state index in [0.29, 0.717) is 5.69 Å². The summed E-state index contributed by atoms with van der Waals surface area (Å²) in [6, 6.07) is 12.4. The maximum absolute atomic E-state index is 12.2. The standard InChI is InChI=1S/C15H15N3O3/c19-14(17-12-6-8-16-9-7-12)13(15(20)18-21)10-11-4-2-1-3-5-11/h1-9,13,21H,10H2,(H,18,20)(H,16,17,19). The third-order valence-electron chi connectivity index (χ3n) is 2.97. The number of anilines is 1. The molecule has 0 radical (unpaired) electrons. The van der Waals surface area contributed by atoms with Crippen LogP contribution in [0.5, 0.6) is 0 Å². The van der Waals surface area contributed by atoms with Crippen LogP contribution >= 0.6 is 0 Å². The van der Waals surface area contributed by atoms with Gasteiger partial charge in [-0.15, -0.1) is 0 Å². The minimum Gasteiger partial charge on any atom is -0.325 e. The van der Waals surface area contributed by atoms with Crippen molar-refractivity contribution in [1.29, 1.82) is 0 Å². The number of amides is 2. The van der Waals surface area contributed by atoms with E-state index in [1.165, 1.54) is 17.9 Å². The first-order valence-corrected chi connectivity index (χ1v) is 6.39. The maximum atomic E-state index is 12.2. The second kappa shape index (κ2) is 7.16. The smallest absolute Gasteiger partial charge is 0.256 e. The fourth-order valence-corrected chi connectivity index (χ4v) is 1.90. The number of pyridine rings is 1. The molecule has 1 heterocycles. The molecule has 0 aliphatic rings. The van der Waals surface area contributed by atoms with E-state index < -0.39 is 17.7 Å². The first-order chi connectivity index (χ1) is 10.2. The molecule has 0 saturated carbocycles. The van der Waals surface area contributed by atoms with Gasteiger partial charge >= 0.3 is 0 Å². The Hall–Kier alpha value is -2.73. The summed E-state index contributed by atoms with van der Waals surface area (Å²) in [6.45, 7) is 0. The average molecular weight is 285 g/mol. The molecule has 3 N–H and O–H groups in total. The summed E-state index contributed by atoms with van der Waals surface area (Å²) >= 11 is 0. The van der Waals surface area contributed by atoms with Gasteiger partial charge in [0.25, 0.3) is 5.91 Å². The predicted molar refractivity (Wildman–Crippen MR) is 76.4 cm³/mol. The first kappa shape index (κ1) is 14.7. The van der Waals surface area contributed by atoms with Crippen molar-refractivity contribution in [3.63, 3.8) is 0 Å². The molecule has 0 bridgehead atoms. The molecule has 0 aliphatic carbocycles. The molecule has 6 heteroatoms. The van der Waals surface area contributed by atoms with Crippen molar-refractivity contribution >= 4 is 17.5 Å². The van der Waals surface area contributed by atoms with Crippen molar-refractivity contribution in [1.82, 2.24) is 10.5 Å². The fraction of sp³-hybridized carbons (Fsp3) is 0.133. The molecule has 1 unspecified atom stereocenters. The van der Waals surface area contributed by atoms with E-state index in [1.807, 2.05) is 30.3 Å². The van der Waals surface area contributed by atoms with Crippen LogP contribution in [0.25, 0.3) is 0 Å². The summed E-state index contributed by atoms with van der Waals surface area (Å²) in [4.78, 5) is 27.8. The minimum atomic E-state index is -1.02. The van der Waals surface area contributed by atoms with Crippen molar-refractivity contribution in [2.45, 2.75) is 6.42 Å². The lowest BCUT2D eigenvalue weighted by Crippen LogP contribution is -2.38. The Balaban J connectivity index is 2.12. The van der Waals surface area contributed by atoms with Crippen molar-refractivity contribution in [2.75, 3.05) is 5.32 Å². The molecule has 1 aromatic heterocycles. The van der Waals surface area contributed by atoms with Gasteiger partial charge < -0.3 is 5.32 Å². The highest BCUT2D eigenvalue weighted by Gasteiger charge is 2.26. The quantitative estimate of drug-likeness (QED) is 0.440. The van der Waals surface area contributed by atoms with Crippen molar-refractivity contribution < 1.29 is 14.8 Å². The van der Waals surface area contributed by atoms with E-state index in [4.69, 9.17) is 5.21 Å². The molecule has 0 saturated heterocycles. The highest BCUT2D eigenvalue weighted by molar-refractivity contribution is 6.06. The molecule has 1 atom stereocenters. The highest BCUT2D eigenvalue weighted by atomic mass is 16.5. The zero-order valence-electron chi connectivity index (χ0n) is 11.2. The van der Waals surface area contributed by atoms with E-state index >= 15 is 0 Å².